The van der Waals surface area contributed by atoms with Gasteiger partial charge in [0.1, 0.15) is 0 Å². The number of alkyl halides is 5. The molecule has 2 aromatic carbocycles. The first-order valence-electron chi connectivity index (χ1n) is 9.58. The average Bonchev–Trinajstić information content (AvgIpc) is 2.73. The van der Waals surface area contributed by atoms with Crippen molar-refractivity contribution in [1.29, 1.82) is 0 Å². The molecule has 157 valence electrons. The zero-order valence-corrected chi connectivity index (χ0v) is 15.9. The van der Waals surface area contributed by atoms with E-state index in [-0.39, 0.29) is 6.04 Å². The van der Waals surface area contributed by atoms with E-state index < -0.39 is 17.7 Å². The Hall–Kier alpha value is -2.90. The van der Waals surface area contributed by atoms with Gasteiger partial charge in [-0.05, 0) is 31.0 Å². The Morgan fingerprint density at radius 1 is 0.933 bits per heavy atom. The van der Waals surface area contributed by atoms with E-state index in [0.717, 1.165) is 54.7 Å². The molecule has 8 heteroatoms. The standard InChI is InChI=1S/C22H19F5N3/c23-21(24,22(25,26)27)15-5-7-16(8-6-15)29-17-10-13-30(14-11-17)20-9-12-28-19-4-2-1-3-18(19)20/h1-8,12,17,29H,10-11,13-14H2. The van der Waals surface area contributed by atoms with Crippen molar-refractivity contribution < 1.29 is 22.0 Å². The van der Waals surface area contributed by atoms with Crippen LogP contribution in [0.3, 0.4) is 0 Å². The Morgan fingerprint density at radius 3 is 2.27 bits per heavy atom. The molecule has 1 radical (unpaired) electrons. The van der Waals surface area contributed by atoms with Gasteiger partial charge in [0.2, 0.25) is 0 Å². The van der Waals surface area contributed by atoms with Crippen LogP contribution in [-0.4, -0.2) is 30.3 Å². The van der Waals surface area contributed by atoms with Crippen LogP contribution in [0.1, 0.15) is 18.4 Å². The largest absolute Gasteiger partial charge is 0.458 e. The number of nitrogens with one attached hydrogen (secondary N) is 1. The summed E-state index contributed by atoms with van der Waals surface area (Å²) >= 11 is 0. The van der Waals surface area contributed by atoms with Gasteiger partial charge in [-0.3, -0.25) is 4.98 Å². The molecule has 1 saturated heterocycles. The van der Waals surface area contributed by atoms with Gasteiger partial charge in [0.05, 0.1) is 11.2 Å². The predicted octanol–water partition coefficient (Wildman–Crippen LogP) is 5.77. The SMILES string of the molecule is FC(F)(F)C(F)(F)c1ccc(NC2CCN(c3[c]cnc4ccccc34)CC2)cc1. The fourth-order valence-corrected chi connectivity index (χ4v) is 3.71. The van der Waals surface area contributed by atoms with Crippen LogP contribution in [0.4, 0.5) is 33.3 Å². The summed E-state index contributed by atoms with van der Waals surface area (Å²) in [6.45, 7) is 1.54. The van der Waals surface area contributed by atoms with Crippen molar-refractivity contribution in [1.82, 2.24) is 4.98 Å². The second kappa shape index (κ2) is 7.74. The third-order valence-corrected chi connectivity index (χ3v) is 5.35. The number of aromatic nitrogens is 1. The first-order chi connectivity index (χ1) is 14.3. The van der Waals surface area contributed by atoms with E-state index in [2.05, 4.69) is 21.3 Å². The molecule has 3 aromatic rings. The molecule has 30 heavy (non-hydrogen) atoms. The lowest BCUT2D eigenvalue weighted by molar-refractivity contribution is -0.289. The maximum atomic E-state index is 13.4. The number of anilines is 2. The summed E-state index contributed by atoms with van der Waals surface area (Å²) in [5.41, 5.74) is 1.37. The number of hydrogen-bond acceptors (Lipinski definition) is 3. The normalized spacial score (nSPS) is 16.1. The molecule has 0 bridgehead atoms. The van der Waals surface area contributed by atoms with E-state index in [1.54, 1.807) is 6.20 Å². The smallest absolute Gasteiger partial charge is 0.382 e. The Kier molecular flexibility index (Phi) is 5.26. The molecule has 1 aromatic heterocycles. The monoisotopic (exact) mass is 420 g/mol. The third kappa shape index (κ3) is 3.91. The number of hydrogen-bond donors (Lipinski definition) is 1. The lowest BCUT2D eigenvalue weighted by atomic mass is 10.0. The number of halogens is 5. The molecule has 0 spiro atoms. The fraction of sp³-hybridized carbons (Fsp3) is 0.318. The number of benzene rings is 2. The Balaban J connectivity index is 1.39. The van der Waals surface area contributed by atoms with E-state index >= 15 is 0 Å². The maximum Gasteiger partial charge on any atom is 0.458 e. The first-order valence-corrected chi connectivity index (χ1v) is 9.58. The van der Waals surface area contributed by atoms with Crippen LogP contribution in [0.15, 0.2) is 54.7 Å². The summed E-state index contributed by atoms with van der Waals surface area (Å²) in [7, 11) is 0. The number of nitrogens with zero attached hydrogens (tertiary/aromatic N) is 2. The minimum absolute atomic E-state index is 0.100. The second-order valence-corrected chi connectivity index (χ2v) is 7.32. The molecule has 1 aliphatic rings. The molecule has 0 saturated carbocycles. The van der Waals surface area contributed by atoms with Gasteiger partial charge in [0.15, 0.2) is 0 Å². The van der Waals surface area contributed by atoms with E-state index in [0.29, 0.717) is 5.69 Å². The van der Waals surface area contributed by atoms with Gasteiger partial charge < -0.3 is 10.2 Å². The third-order valence-electron chi connectivity index (χ3n) is 5.35. The van der Waals surface area contributed by atoms with Crippen LogP contribution in [0, 0.1) is 6.07 Å². The number of pyridine rings is 1. The van der Waals surface area contributed by atoms with Gasteiger partial charge in [0, 0.05) is 48.0 Å². The zero-order valence-electron chi connectivity index (χ0n) is 15.9. The van der Waals surface area contributed by atoms with Crippen molar-refractivity contribution in [2.75, 3.05) is 23.3 Å². The van der Waals surface area contributed by atoms with Crippen LogP contribution in [-0.2, 0) is 5.92 Å². The highest BCUT2D eigenvalue weighted by atomic mass is 19.4. The molecule has 3 nitrogen and oxygen atoms in total. The molecule has 0 amide bonds. The number of rotatable bonds is 4. The highest BCUT2D eigenvalue weighted by Gasteiger charge is 2.58. The van der Waals surface area contributed by atoms with Crippen LogP contribution >= 0.6 is 0 Å². The summed E-state index contributed by atoms with van der Waals surface area (Å²) < 4.78 is 64.3. The number of piperidine rings is 1. The molecule has 2 heterocycles. The van der Waals surface area contributed by atoms with Crippen LogP contribution in [0.25, 0.3) is 10.9 Å². The van der Waals surface area contributed by atoms with E-state index in [1.165, 1.54) is 12.1 Å². The van der Waals surface area contributed by atoms with Crippen molar-refractivity contribution in [3.05, 3.63) is 66.4 Å². The summed E-state index contributed by atoms with van der Waals surface area (Å²) in [5, 5.41) is 4.27. The molecule has 4 rings (SSSR count). The molecule has 1 aliphatic heterocycles. The van der Waals surface area contributed by atoms with Crippen molar-refractivity contribution in [3.63, 3.8) is 0 Å². The lowest BCUT2D eigenvalue weighted by Crippen LogP contribution is -2.39. The van der Waals surface area contributed by atoms with Gasteiger partial charge in [-0.25, -0.2) is 0 Å². The second-order valence-electron chi connectivity index (χ2n) is 7.32. The molecule has 1 fully saturated rings. The number of para-hydroxylation sites is 1. The highest BCUT2D eigenvalue weighted by Crippen LogP contribution is 2.44. The van der Waals surface area contributed by atoms with Crippen molar-refractivity contribution in [3.8, 4) is 0 Å². The van der Waals surface area contributed by atoms with Crippen LogP contribution in [0.2, 0.25) is 0 Å². The summed E-state index contributed by atoms with van der Waals surface area (Å²) in [6.07, 6.45) is -2.35. The quantitative estimate of drug-likeness (QED) is 0.543. The van der Waals surface area contributed by atoms with Crippen molar-refractivity contribution >= 4 is 22.3 Å². The minimum atomic E-state index is -5.61. The van der Waals surface area contributed by atoms with Crippen LogP contribution < -0.4 is 10.2 Å². The topological polar surface area (TPSA) is 28.2 Å². The fourth-order valence-electron chi connectivity index (χ4n) is 3.71. The Morgan fingerprint density at radius 2 is 1.60 bits per heavy atom. The van der Waals surface area contributed by atoms with E-state index in [9.17, 15) is 22.0 Å². The van der Waals surface area contributed by atoms with E-state index in [1.807, 2.05) is 24.3 Å². The van der Waals surface area contributed by atoms with Crippen molar-refractivity contribution in [2.24, 2.45) is 0 Å². The predicted molar refractivity (Wildman–Crippen MR) is 106 cm³/mol. The molecule has 0 atom stereocenters. The molecule has 0 unspecified atom stereocenters. The van der Waals surface area contributed by atoms with Crippen LogP contribution in [0.5, 0.6) is 0 Å². The Labute approximate surface area is 170 Å². The van der Waals surface area contributed by atoms with Gasteiger partial charge in [-0.1, -0.05) is 30.3 Å². The summed E-state index contributed by atoms with van der Waals surface area (Å²) in [5.74, 6) is -4.86. The molecule has 0 aliphatic carbocycles. The average molecular weight is 420 g/mol. The summed E-state index contributed by atoms with van der Waals surface area (Å²) in [6, 6.07) is 15.4. The van der Waals surface area contributed by atoms with E-state index in [4.69, 9.17) is 0 Å². The molecular formula is C22H19F5N3. The Bertz CT molecular complexity index is 1000. The van der Waals surface area contributed by atoms with Gasteiger partial charge in [0.25, 0.3) is 0 Å². The lowest BCUT2D eigenvalue weighted by Gasteiger charge is -2.34. The zero-order chi connectivity index (χ0) is 21.4. The first kappa shape index (κ1) is 20.4. The minimum Gasteiger partial charge on any atom is -0.382 e. The van der Waals surface area contributed by atoms with Gasteiger partial charge >= 0.3 is 12.1 Å². The van der Waals surface area contributed by atoms with Gasteiger partial charge in [-0.2, -0.15) is 22.0 Å². The maximum absolute atomic E-state index is 13.4. The molecular weight excluding hydrogens is 401 g/mol. The number of fused-ring (bicyclic) bond motifs is 1. The van der Waals surface area contributed by atoms with Crippen molar-refractivity contribution in [2.45, 2.75) is 31.0 Å². The molecule has 1 N–H and O–H groups in total. The van der Waals surface area contributed by atoms with Gasteiger partial charge in [-0.15, -0.1) is 0 Å². The summed E-state index contributed by atoms with van der Waals surface area (Å²) in [4.78, 5) is 6.56. The highest BCUT2D eigenvalue weighted by molar-refractivity contribution is 5.91.